The van der Waals surface area contributed by atoms with E-state index < -0.39 is 0 Å². The highest BCUT2D eigenvalue weighted by atomic mass is 16.2. The van der Waals surface area contributed by atoms with Crippen LogP contribution < -0.4 is 5.32 Å². The molecule has 28 heavy (non-hydrogen) atoms. The molecule has 0 bridgehead atoms. The summed E-state index contributed by atoms with van der Waals surface area (Å²) in [6, 6.07) is 2.07. The maximum absolute atomic E-state index is 12.6. The third kappa shape index (κ3) is 3.42. The van der Waals surface area contributed by atoms with Gasteiger partial charge in [-0.3, -0.25) is 4.79 Å². The van der Waals surface area contributed by atoms with E-state index in [0.717, 1.165) is 64.7 Å². The van der Waals surface area contributed by atoms with Crippen LogP contribution in [0.2, 0.25) is 0 Å². The molecule has 0 aromatic heterocycles. The average molecular weight is 389 g/mol. The highest BCUT2D eigenvalue weighted by molar-refractivity contribution is 5.81. The molecule has 0 radical (unpaired) electrons. The molecular formula is C22H36N4O2. The predicted octanol–water partition coefficient (Wildman–Crippen LogP) is 2.43. The van der Waals surface area contributed by atoms with Crippen molar-refractivity contribution in [2.24, 2.45) is 11.8 Å². The van der Waals surface area contributed by atoms with Crippen molar-refractivity contribution in [1.82, 2.24) is 20.0 Å². The Balaban J connectivity index is 1.11. The Bertz CT molecular complexity index is 610. The minimum absolute atomic E-state index is 0.191. The van der Waals surface area contributed by atoms with Crippen LogP contribution in [-0.2, 0) is 4.79 Å². The normalized spacial score (nSPS) is 37.7. The van der Waals surface area contributed by atoms with Crippen LogP contribution >= 0.6 is 0 Å². The fraction of sp³-hybridized carbons (Fsp3) is 0.909. The SMILES string of the molecule is CC1CC1C(=O)N1CCC(N2CCC(N3C(=O)N[C@H]4CCCC[C@@H]43)CC2)CC1. The van der Waals surface area contributed by atoms with Gasteiger partial charge in [-0.25, -0.2) is 4.79 Å². The summed E-state index contributed by atoms with van der Waals surface area (Å²) in [4.78, 5) is 32.0. The van der Waals surface area contributed by atoms with Gasteiger partial charge in [0.15, 0.2) is 0 Å². The first-order valence-electron chi connectivity index (χ1n) is 11.7. The van der Waals surface area contributed by atoms with Crippen LogP contribution in [0.25, 0.3) is 0 Å². The van der Waals surface area contributed by atoms with Crippen LogP contribution in [0.4, 0.5) is 4.79 Å². The molecule has 2 unspecified atom stereocenters. The molecule has 3 heterocycles. The molecule has 5 rings (SSSR count). The minimum atomic E-state index is 0.191. The predicted molar refractivity (Wildman–Crippen MR) is 108 cm³/mol. The average Bonchev–Trinajstić information content (AvgIpc) is 3.36. The van der Waals surface area contributed by atoms with Gasteiger partial charge in [0.1, 0.15) is 0 Å². The summed E-state index contributed by atoms with van der Waals surface area (Å²) in [6.45, 7) is 6.26. The lowest BCUT2D eigenvalue weighted by Gasteiger charge is -2.44. The van der Waals surface area contributed by atoms with Gasteiger partial charge in [0.05, 0.1) is 12.1 Å². The Hall–Kier alpha value is -1.30. The number of hydrogen-bond donors (Lipinski definition) is 1. The molecule has 5 fully saturated rings. The van der Waals surface area contributed by atoms with Crippen molar-refractivity contribution in [3.05, 3.63) is 0 Å². The van der Waals surface area contributed by atoms with Crippen molar-refractivity contribution in [3.8, 4) is 0 Å². The van der Waals surface area contributed by atoms with Gasteiger partial charge >= 0.3 is 6.03 Å². The smallest absolute Gasteiger partial charge is 0.318 e. The number of likely N-dealkylation sites (tertiary alicyclic amines) is 2. The zero-order chi connectivity index (χ0) is 19.3. The van der Waals surface area contributed by atoms with E-state index in [9.17, 15) is 9.59 Å². The number of nitrogens with zero attached hydrogens (tertiary/aromatic N) is 3. The quantitative estimate of drug-likeness (QED) is 0.808. The van der Waals surface area contributed by atoms with E-state index in [1.165, 1.54) is 19.3 Å². The lowest BCUT2D eigenvalue weighted by Crippen LogP contribution is -2.53. The van der Waals surface area contributed by atoms with Crippen molar-refractivity contribution in [3.63, 3.8) is 0 Å². The van der Waals surface area contributed by atoms with Crippen molar-refractivity contribution in [2.75, 3.05) is 26.2 Å². The number of amides is 3. The summed E-state index contributed by atoms with van der Waals surface area (Å²) < 4.78 is 0. The number of hydrogen-bond acceptors (Lipinski definition) is 3. The first kappa shape index (κ1) is 18.7. The van der Waals surface area contributed by atoms with Crippen LogP contribution in [0, 0.1) is 11.8 Å². The van der Waals surface area contributed by atoms with E-state index >= 15 is 0 Å². The molecule has 4 atom stereocenters. The van der Waals surface area contributed by atoms with E-state index in [1.54, 1.807) is 0 Å². The largest absolute Gasteiger partial charge is 0.342 e. The van der Waals surface area contributed by atoms with Gasteiger partial charge in [0, 0.05) is 44.2 Å². The lowest BCUT2D eigenvalue weighted by atomic mass is 9.89. The lowest BCUT2D eigenvalue weighted by molar-refractivity contribution is -0.134. The van der Waals surface area contributed by atoms with Crippen molar-refractivity contribution >= 4 is 11.9 Å². The van der Waals surface area contributed by atoms with Crippen LogP contribution in [0.1, 0.15) is 64.7 Å². The first-order valence-corrected chi connectivity index (χ1v) is 11.7. The van der Waals surface area contributed by atoms with E-state index in [2.05, 4.69) is 26.9 Å². The summed E-state index contributed by atoms with van der Waals surface area (Å²) >= 11 is 0. The van der Waals surface area contributed by atoms with Gasteiger partial charge in [0.25, 0.3) is 0 Å². The molecule has 2 saturated carbocycles. The van der Waals surface area contributed by atoms with Crippen molar-refractivity contribution < 1.29 is 9.59 Å². The molecule has 1 N–H and O–H groups in total. The third-order valence-electron chi connectivity index (χ3n) is 8.24. The molecule has 6 heteroatoms. The van der Waals surface area contributed by atoms with E-state index in [1.807, 2.05) is 0 Å². The van der Waals surface area contributed by atoms with Crippen LogP contribution in [0.3, 0.4) is 0 Å². The molecule has 0 aromatic carbocycles. The molecule has 3 saturated heterocycles. The fourth-order valence-electron chi connectivity index (χ4n) is 6.31. The molecule has 0 aromatic rings. The number of urea groups is 1. The molecule has 3 amide bonds. The zero-order valence-electron chi connectivity index (χ0n) is 17.3. The number of piperidine rings is 2. The van der Waals surface area contributed by atoms with Gasteiger partial charge in [0.2, 0.25) is 5.91 Å². The Morgan fingerprint density at radius 2 is 1.57 bits per heavy atom. The molecule has 5 aliphatic rings. The van der Waals surface area contributed by atoms with Crippen LogP contribution in [0.5, 0.6) is 0 Å². The van der Waals surface area contributed by atoms with Crippen LogP contribution in [-0.4, -0.2) is 77.0 Å². The summed E-state index contributed by atoms with van der Waals surface area (Å²) in [6.07, 6.45) is 10.4. The molecule has 156 valence electrons. The second-order valence-electron chi connectivity index (χ2n) is 9.96. The van der Waals surface area contributed by atoms with Gasteiger partial charge in [-0.15, -0.1) is 0 Å². The Labute approximate surface area is 169 Å². The maximum atomic E-state index is 12.6. The number of carbonyl (C=O) groups is 2. The Morgan fingerprint density at radius 3 is 2.25 bits per heavy atom. The monoisotopic (exact) mass is 388 g/mol. The molecule has 0 spiro atoms. The van der Waals surface area contributed by atoms with Gasteiger partial charge in [-0.05, 0) is 50.9 Å². The van der Waals surface area contributed by atoms with E-state index in [4.69, 9.17) is 0 Å². The van der Waals surface area contributed by atoms with Crippen molar-refractivity contribution in [2.45, 2.75) is 88.9 Å². The van der Waals surface area contributed by atoms with Gasteiger partial charge in [-0.1, -0.05) is 19.8 Å². The number of nitrogens with one attached hydrogen (secondary N) is 1. The second-order valence-corrected chi connectivity index (χ2v) is 9.96. The van der Waals surface area contributed by atoms with E-state index in [-0.39, 0.29) is 6.03 Å². The summed E-state index contributed by atoms with van der Waals surface area (Å²) in [7, 11) is 0. The third-order valence-corrected chi connectivity index (χ3v) is 8.24. The van der Waals surface area contributed by atoms with Crippen molar-refractivity contribution in [1.29, 1.82) is 0 Å². The number of carbonyl (C=O) groups excluding carboxylic acids is 2. The van der Waals surface area contributed by atoms with Gasteiger partial charge < -0.3 is 20.0 Å². The molecule has 3 aliphatic heterocycles. The summed E-state index contributed by atoms with van der Waals surface area (Å²) in [5.41, 5.74) is 0. The molecule has 2 aliphatic carbocycles. The number of fused-ring (bicyclic) bond motifs is 1. The zero-order valence-corrected chi connectivity index (χ0v) is 17.3. The Morgan fingerprint density at radius 1 is 0.929 bits per heavy atom. The van der Waals surface area contributed by atoms with Gasteiger partial charge in [-0.2, -0.15) is 0 Å². The van der Waals surface area contributed by atoms with Crippen LogP contribution in [0.15, 0.2) is 0 Å². The highest BCUT2D eigenvalue weighted by Crippen LogP contribution is 2.40. The second kappa shape index (κ2) is 7.51. The summed E-state index contributed by atoms with van der Waals surface area (Å²) in [5.74, 6) is 1.34. The Kier molecular flexibility index (Phi) is 5.02. The summed E-state index contributed by atoms with van der Waals surface area (Å²) in [5, 5.41) is 3.25. The highest BCUT2D eigenvalue weighted by Gasteiger charge is 2.45. The standard InChI is InChI=1S/C22H36N4O2/c1-15-14-18(15)21(27)25-12-6-16(7-13-25)24-10-8-17(9-11-24)26-20-5-3-2-4-19(20)23-22(26)28/h15-20H,2-14H2,1H3,(H,23,28)/t15?,18?,19-,20-/m0/s1. The topological polar surface area (TPSA) is 55.9 Å². The molecule has 6 nitrogen and oxygen atoms in total. The first-order chi connectivity index (χ1) is 13.6. The molecular weight excluding hydrogens is 352 g/mol. The fourth-order valence-corrected chi connectivity index (χ4v) is 6.31. The van der Waals surface area contributed by atoms with E-state index in [0.29, 0.717) is 41.9 Å². The minimum Gasteiger partial charge on any atom is -0.342 e. The number of rotatable bonds is 3. The maximum Gasteiger partial charge on any atom is 0.318 e.